The van der Waals surface area contributed by atoms with Crippen LogP contribution in [0.15, 0.2) is 30.3 Å². The van der Waals surface area contributed by atoms with E-state index < -0.39 is 77.5 Å². The fourth-order valence-electron chi connectivity index (χ4n) is 5.29. The molecule has 0 radical (unpaired) electrons. The smallest absolute Gasteiger partial charge is 0.408 e. The summed E-state index contributed by atoms with van der Waals surface area (Å²) in [5.74, 6) is -4.05. The van der Waals surface area contributed by atoms with Crippen molar-refractivity contribution in [1.82, 2.24) is 26.6 Å². The summed E-state index contributed by atoms with van der Waals surface area (Å²) in [5.41, 5.74) is 6.66. The number of nitrogens with two attached hydrogens (primary N) is 1. The number of carboxylic acids is 1. The summed E-state index contributed by atoms with van der Waals surface area (Å²) >= 11 is 0. The minimum Gasteiger partial charge on any atom is -0.480 e. The number of amides is 5. The molecule has 7 atom stereocenters. The standard InChI is InChI=1S/C37H62N6O8/c1-11-23(7)31(34(47)43-30(22(5)6)35(48)49)42-29(44)20-25(38)27(19-24-16-14-13-15-17-24)40-32(45)26(12-2)39-33(46)28(18-21(3)4)41-36(50)51-37(8,9)10/h13-17,21-23,25-28,30-31H,11-12,18-20,38H2,1-10H3,(H,39,46)(H,40,45)(H,41,50)(H,42,44)(H,43,47)(H,48,49)/t23-,25?,26-,27?,28-,30-,31-/m0/s1. The van der Waals surface area contributed by atoms with Gasteiger partial charge in [-0.25, -0.2) is 9.59 Å². The van der Waals surface area contributed by atoms with Crippen LogP contribution in [-0.4, -0.2) is 82.6 Å². The number of carbonyl (C=O) groups is 6. The van der Waals surface area contributed by atoms with E-state index in [0.717, 1.165) is 5.56 Å². The molecular weight excluding hydrogens is 656 g/mol. The maximum atomic E-state index is 13.7. The van der Waals surface area contributed by atoms with E-state index in [1.54, 1.807) is 48.5 Å². The van der Waals surface area contributed by atoms with Gasteiger partial charge in [0.05, 0.1) is 0 Å². The van der Waals surface area contributed by atoms with Crippen molar-refractivity contribution >= 4 is 35.7 Å². The Balaban J connectivity index is 3.18. The van der Waals surface area contributed by atoms with Crippen LogP contribution in [0.2, 0.25) is 0 Å². The molecule has 14 nitrogen and oxygen atoms in total. The van der Waals surface area contributed by atoms with Gasteiger partial charge >= 0.3 is 12.1 Å². The molecule has 0 aromatic heterocycles. The molecule has 8 N–H and O–H groups in total. The van der Waals surface area contributed by atoms with Gasteiger partial charge in [-0.3, -0.25) is 19.2 Å². The van der Waals surface area contributed by atoms with Gasteiger partial charge < -0.3 is 42.2 Å². The highest BCUT2D eigenvalue weighted by Crippen LogP contribution is 2.14. The minimum atomic E-state index is -1.18. The molecule has 51 heavy (non-hydrogen) atoms. The predicted molar refractivity (Wildman–Crippen MR) is 195 cm³/mol. The fourth-order valence-corrected chi connectivity index (χ4v) is 5.29. The maximum Gasteiger partial charge on any atom is 0.408 e. The van der Waals surface area contributed by atoms with E-state index in [1.165, 1.54) is 0 Å². The van der Waals surface area contributed by atoms with Crippen molar-refractivity contribution in [2.75, 3.05) is 0 Å². The van der Waals surface area contributed by atoms with Crippen LogP contribution in [0.5, 0.6) is 0 Å². The van der Waals surface area contributed by atoms with E-state index in [-0.39, 0.29) is 37.0 Å². The molecule has 0 saturated carbocycles. The third-order valence-corrected chi connectivity index (χ3v) is 8.36. The van der Waals surface area contributed by atoms with Crippen LogP contribution in [0.4, 0.5) is 4.79 Å². The molecule has 0 heterocycles. The molecule has 288 valence electrons. The molecule has 0 saturated heterocycles. The summed E-state index contributed by atoms with van der Waals surface area (Å²) in [6, 6.07) is 3.52. The highest BCUT2D eigenvalue weighted by Gasteiger charge is 2.34. The molecular formula is C37H62N6O8. The van der Waals surface area contributed by atoms with Crippen molar-refractivity contribution in [2.45, 2.75) is 143 Å². The first kappa shape index (κ1) is 44.8. The van der Waals surface area contributed by atoms with Gasteiger partial charge in [-0.15, -0.1) is 0 Å². The number of carbonyl (C=O) groups excluding carboxylic acids is 5. The zero-order valence-electron chi connectivity index (χ0n) is 32.0. The first-order chi connectivity index (χ1) is 23.7. The van der Waals surface area contributed by atoms with Gasteiger partial charge in [0.2, 0.25) is 23.6 Å². The zero-order valence-corrected chi connectivity index (χ0v) is 32.0. The molecule has 0 spiro atoms. The Morgan fingerprint density at radius 2 is 1.35 bits per heavy atom. The van der Waals surface area contributed by atoms with E-state index in [4.69, 9.17) is 10.5 Å². The van der Waals surface area contributed by atoms with E-state index in [1.807, 2.05) is 51.1 Å². The molecule has 0 bridgehead atoms. The highest BCUT2D eigenvalue weighted by atomic mass is 16.6. The van der Waals surface area contributed by atoms with Crippen LogP contribution in [0, 0.1) is 17.8 Å². The zero-order chi connectivity index (χ0) is 39.1. The van der Waals surface area contributed by atoms with E-state index in [0.29, 0.717) is 12.8 Å². The monoisotopic (exact) mass is 718 g/mol. The lowest BCUT2D eigenvalue weighted by molar-refractivity contribution is -0.143. The predicted octanol–water partition coefficient (Wildman–Crippen LogP) is 3.02. The first-order valence-electron chi connectivity index (χ1n) is 17.9. The molecule has 2 unspecified atom stereocenters. The van der Waals surface area contributed by atoms with E-state index in [9.17, 15) is 33.9 Å². The molecule has 0 aliphatic rings. The van der Waals surface area contributed by atoms with Gasteiger partial charge in [-0.05, 0) is 63.4 Å². The van der Waals surface area contributed by atoms with Crippen molar-refractivity contribution in [1.29, 1.82) is 0 Å². The SMILES string of the molecule is CC[C@H](NC(=O)[C@H](CC(C)C)NC(=O)OC(C)(C)C)C(=O)NC(Cc1ccccc1)C(N)CC(=O)N[C@H](C(=O)N[C@H](C(=O)O)C(C)C)[C@@H](C)CC. The summed E-state index contributed by atoms with van der Waals surface area (Å²) < 4.78 is 5.34. The average molecular weight is 719 g/mol. The third-order valence-electron chi connectivity index (χ3n) is 8.36. The highest BCUT2D eigenvalue weighted by molar-refractivity contribution is 5.92. The van der Waals surface area contributed by atoms with Crippen LogP contribution in [0.25, 0.3) is 0 Å². The molecule has 5 amide bonds. The van der Waals surface area contributed by atoms with Gasteiger partial charge in [0.1, 0.15) is 29.8 Å². The Hall–Kier alpha value is -4.20. The molecule has 0 fully saturated rings. The van der Waals surface area contributed by atoms with Crippen molar-refractivity contribution in [3.05, 3.63) is 35.9 Å². The number of hydrogen-bond donors (Lipinski definition) is 7. The number of nitrogens with one attached hydrogen (secondary N) is 5. The lowest BCUT2D eigenvalue weighted by atomic mass is 9.94. The number of rotatable bonds is 20. The van der Waals surface area contributed by atoms with Crippen molar-refractivity contribution < 1.29 is 38.6 Å². The quantitative estimate of drug-likeness (QED) is 0.105. The second-order valence-corrected chi connectivity index (χ2v) is 15.0. The number of carboxylic acid groups (broad SMARTS) is 1. The van der Waals surface area contributed by atoms with Crippen LogP contribution in [0.1, 0.15) is 100 Å². The minimum absolute atomic E-state index is 0.0452. The fraction of sp³-hybridized carbons (Fsp3) is 0.676. The number of ether oxygens (including phenoxy) is 1. The molecule has 0 aliphatic heterocycles. The number of aliphatic carboxylic acids is 1. The largest absolute Gasteiger partial charge is 0.480 e. The van der Waals surface area contributed by atoms with Crippen molar-refractivity contribution in [2.24, 2.45) is 23.5 Å². The third kappa shape index (κ3) is 16.6. The lowest BCUT2D eigenvalue weighted by Gasteiger charge is -2.30. The van der Waals surface area contributed by atoms with Crippen LogP contribution in [-0.2, 0) is 35.1 Å². The van der Waals surface area contributed by atoms with Crippen LogP contribution >= 0.6 is 0 Å². The van der Waals surface area contributed by atoms with E-state index >= 15 is 0 Å². The Kier molecular flexibility index (Phi) is 18.7. The first-order valence-corrected chi connectivity index (χ1v) is 17.9. The van der Waals surface area contributed by atoms with Gasteiger partial charge in [0.15, 0.2) is 0 Å². The normalized spacial score (nSPS) is 15.7. The maximum absolute atomic E-state index is 13.7. The van der Waals surface area contributed by atoms with E-state index in [2.05, 4.69) is 26.6 Å². The summed E-state index contributed by atoms with van der Waals surface area (Å²) in [4.78, 5) is 77.8. The Bertz CT molecular complexity index is 1300. The number of hydrogen-bond acceptors (Lipinski definition) is 8. The summed E-state index contributed by atoms with van der Waals surface area (Å²) in [6.07, 6.45) is 0.333. The summed E-state index contributed by atoms with van der Waals surface area (Å²) in [6.45, 7) is 17.7. The van der Waals surface area contributed by atoms with Crippen molar-refractivity contribution in [3.8, 4) is 0 Å². The summed E-state index contributed by atoms with van der Waals surface area (Å²) in [7, 11) is 0. The Labute approximate surface area is 303 Å². The number of alkyl carbamates (subject to hydrolysis) is 1. The Morgan fingerprint density at radius 3 is 1.84 bits per heavy atom. The second kappa shape index (κ2) is 21.2. The molecule has 1 aromatic carbocycles. The van der Waals surface area contributed by atoms with Gasteiger partial charge in [-0.1, -0.05) is 85.2 Å². The van der Waals surface area contributed by atoms with Gasteiger partial charge in [-0.2, -0.15) is 0 Å². The molecule has 1 rings (SSSR count). The molecule has 1 aromatic rings. The average Bonchev–Trinajstić information content (AvgIpc) is 3.02. The molecule has 14 heteroatoms. The van der Waals surface area contributed by atoms with Crippen LogP contribution in [0.3, 0.4) is 0 Å². The van der Waals surface area contributed by atoms with Crippen LogP contribution < -0.4 is 32.3 Å². The summed E-state index contributed by atoms with van der Waals surface area (Å²) in [5, 5.41) is 23.1. The lowest BCUT2D eigenvalue weighted by Crippen LogP contribution is -2.59. The Morgan fingerprint density at radius 1 is 0.765 bits per heavy atom. The number of benzene rings is 1. The molecule has 0 aliphatic carbocycles. The van der Waals surface area contributed by atoms with Crippen molar-refractivity contribution in [3.63, 3.8) is 0 Å². The second-order valence-electron chi connectivity index (χ2n) is 15.0. The van der Waals surface area contributed by atoms with Gasteiger partial charge in [0, 0.05) is 18.5 Å². The van der Waals surface area contributed by atoms with Gasteiger partial charge in [0.25, 0.3) is 0 Å². The topological polar surface area (TPSA) is 218 Å².